The van der Waals surface area contributed by atoms with Gasteiger partial charge in [-0.2, -0.15) is 0 Å². The van der Waals surface area contributed by atoms with Crippen LogP contribution in [-0.2, 0) is 6.54 Å². The molecule has 1 rings (SSSR count). The molecule has 0 aromatic heterocycles. The Hall–Kier alpha value is -0.570. The largest absolute Gasteiger partial charge is 0.396 e. The average Bonchev–Trinajstić information content (AvgIpc) is 2.29. The number of aliphatic hydroxyl groups excluding tert-OH is 1. The van der Waals surface area contributed by atoms with E-state index in [1.54, 1.807) is 0 Å². The molecule has 0 heterocycles. The van der Waals surface area contributed by atoms with Crippen LogP contribution in [0.5, 0.6) is 0 Å². The van der Waals surface area contributed by atoms with Crippen LogP contribution < -0.4 is 5.32 Å². The number of nitrogens with one attached hydrogen (secondary N) is 1. The molecule has 17 heavy (non-hydrogen) atoms. The number of rotatable bonds is 7. The lowest BCUT2D eigenvalue weighted by atomic mass is 9.88. The lowest BCUT2D eigenvalue weighted by molar-refractivity contribution is 0.236. The minimum Gasteiger partial charge on any atom is -0.396 e. The number of aliphatic hydroxyl groups is 1. The molecule has 0 radical (unpaired) electrons. The second-order valence-corrected chi connectivity index (χ2v) is 5.66. The molecule has 96 valence electrons. The molecular formula is C14H22ClNO. The maximum Gasteiger partial charge on any atom is 0.0431 e. The van der Waals surface area contributed by atoms with E-state index in [1.165, 1.54) is 5.56 Å². The monoisotopic (exact) mass is 255 g/mol. The van der Waals surface area contributed by atoms with Crippen LogP contribution in [0.4, 0.5) is 0 Å². The molecule has 0 unspecified atom stereocenters. The number of hydrogen-bond donors (Lipinski definition) is 2. The minimum absolute atomic E-state index is 0.231. The van der Waals surface area contributed by atoms with Crippen molar-refractivity contribution in [2.75, 3.05) is 13.2 Å². The molecule has 0 aliphatic heterocycles. The smallest absolute Gasteiger partial charge is 0.0431 e. The van der Waals surface area contributed by atoms with Crippen molar-refractivity contribution in [3.05, 3.63) is 34.9 Å². The summed E-state index contributed by atoms with van der Waals surface area (Å²) in [6.07, 6.45) is 1.91. The fourth-order valence-corrected chi connectivity index (χ4v) is 1.92. The molecule has 0 amide bonds. The lowest BCUT2D eigenvalue weighted by Gasteiger charge is -2.24. The van der Waals surface area contributed by atoms with Crippen LogP contribution in [-0.4, -0.2) is 18.3 Å². The summed E-state index contributed by atoms with van der Waals surface area (Å²) in [5.41, 5.74) is 1.47. The Labute approximate surface area is 109 Å². The van der Waals surface area contributed by atoms with Crippen LogP contribution in [0.1, 0.15) is 32.3 Å². The molecule has 0 aliphatic carbocycles. The predicted molar refractivity (Wildman–Crippen MR) is 73.3 cm³/mol. The van der Waals surface area contributed by atoms with Gasteiger partial charge in [0.1, 0.15) is 0 Å². The fourth-order valence-electron chi connectivity index (χ4n) is 1.79. The summed E-state index contributed by atoms with van der Waals surface area (Å²) in [7, 11) is 0. The Morgan fingerprint density at radius 1 is 1.24 bits per heavy atom. The van der Waals surface area contributed by atoms with E-state index in [9.17, 15) is 0 Å². The summed E-state index contributed by atoms with van der Waals surface area (Å²) in [6.45, 7) is 6.53. The zero-order valence-electron chi connectivity index (χ0n) is 10.7. The van der Waals surface area contributed by atoms with Gasteiger partial charge in [-0.3, -0.25) is 0 Å². The summed E-state index contributed by atoms with van der Waals surface area (Å²) in [4.78, 5) is 0. The number of benzene rings is 1. The van der Waals surface area contributed by atoms with E-state index in [0.717, 1.165) is 31.0 Å². The van der Waals surface area contributed by atoms with E-state index >= 15 is 0 Å². The third-order valence-electron chi connectivity index (χ3n) is 2.86. The Kier molecular flexibility index (Phi) is 5.96. The molecule has 0 atom stereocenters. The Bertz CT molecular complexity index is 321. The summed E-state index contributed by atoms with van der Waals surface area (Å²) in [6, 6.07) is 7.90. The molecule has 2 N–H and O–H groups in total. The SMILES string of the molecule is CC(C)(CCCO)CNCc1ccc(Cl)cc1. The van der Waals surface area contributed by atoms with Crippen LogP contribution >= 0.6 is 11.6 Å². The van der Waals surface area contributed by atoms with Crippen molar-refractivity contribution in [1.82, 2.24) is 5.32 Å². The van der Waals surface area contributed by atoms with Gasteiger partial charge in [0.25, 0.3) is 0 Å². The van der Waals surface area contributed by atoms with Crippen molar-refractivity contribution in [2.24, 2.45) is 5.41 Å². The normalized spacial score (nSPS) is 11.8. The zero-order chi connectivity index (χ0) is 12.7. The van der Waals surface area contributed by atoms with E-state index in [4.69, 9.17) is 16.7 Å². The molecule has 1 aromatic rings. The molecule has 0 fully saturated rings. The van der Waals surface area contributed by atoms with E-state index in [0.29, 0.717) is 0 Å². The van der Waals surface area contributed by atoms with Gasteiger partial charge in [0.15, 0.2) is 0 Å². The fraction of sp³-hybridized carbons (Fsp3) is 0.571. The number of hydrogen-bond acceptors (Lipinski definition) is 2. The molecule has 0 spiro atoms. The standard InChI is InChI=1S/C14H22ClNO/c1-14(2,8-3-9-17)11-16-10-12-4-6-13(15)7-5-12/h4-7,16-17H,3,8-11H2,1-2H3. The van der Waals surface area contributed by atoms with Gasteiger partial charge >= 0.3 is 0 Å². The average molecular weight is 256 g/mol. The lowest BCUT2D eigenvalue weighted by Crippen LogP contribution is -2.29. The van der Waals surface area contributed by atoms with Crippen molar-refractivity contribution in [1.29, 1.82) is 0 Å². The molecule has 0 saturated carbocycles. The maximum atomic E-state index is 8.83. The summed E-state index contributed by atoms with van der Waals surface area (Å²) in [5, 5.41) is 13.0. The predicted octanol–water partition coefficient (Wildman–Crippen LogP) is 3.23. The van der Waals surface area contributed by atoms with Crippen LogP contribution in [0.15, 0.2) is 24.3 Å². The first-order chi connectivity index (χ1) is 8.03. The first-order valence-electron chi connectivity index (χ1n) is 6.09. The summed E-state index contributed by atoms with van der Waals surface area (Å²) in [5.74, 6) is 0. The molecule has 2 nitrogen and oxygen atoms in total. The third kappa shape index (κ3) is 6.06. The quantitative estimate of drug-likeness (QED) is 0.784. The van der Waals surface area contributed by atoms with Crippen molar-refractivity contribution in [3.63, 3.8) is 0 Å². The van der Waals surface area contributed by atoms with Gasteiger partial charge in [-0.25, -0.2) is 0 Å². The Morgan fingerprint density at radius 2 is 1.88 bits per heavy atom. The van der Waals surface area contributed by atoms with Crippen molar-refractivity contribution >= 4 is 11.6 Å². The topological polar surface area (TPSA) is 32.3 Å². The highest BCUT2D eigenvalue weighted by atomic mass is 35.5. The van der Waals surface area contributed by atoms with Gasteiger partial charge in [0, 0.05) is 24.7 Å². The maximum absolute atomic E-state index is 8.83. The van der Waals surface area contributed by atoms with E-state index in [2.05, 4.69) is 19.2 Å². The highest BCUT2D eigenvalue weighted by Gasteiger charge is 2.16. The van der Waals surface area contributed by atoms with Gasteiger partial charge in [0.05, 0.1) is 0 Å². The minimum atomic E-state index is 0.231. The van der Waals surface area contributed by atoms with Crippen molar-refractivity contribution in [2.45, 2.75) is 33.2 Å². The van der Waals surface area contributed by atoms with Gasteiger partial charge in [0.2, 0.25) is 0 Å². The van der Waals surface area contributed by atoms with Gasteiger partial charge in [-0.05, 0) is 36.0 Å². The van der Waals surface area contributed by atoms with Crippen LogP contribution in [0.3, 0.4) is 0 Å². The van der Waals surface area contributed by atoms with E-state index in [1.807, 2.05) is 24.3 Å². The van der Waals surface area contributed by atoms with Gasteiger partial charge in [-0.1, -0.05) is 37.6 Å². The van der Waals surface area contributed by atoms with E-state index < -0.39 is 0 Å². The molecular weight excluding hydrogens is 234 g/mol. The molecule has 0 bridgehead atoms. The first kappa shape index (κ1) is 14.5. The van der Waals surface area contributed by atoms with Crippen molar-refractivity contribution in [3.8, 4) is 0 Å². The Balaban J connectivity index is 2.29. The second kappa shape index (κ2) is 7.00. The van der Waals surface area contributed by atoms with Crippen molar-refractivity contribution < 1.29 is 5.11 Å². The van der Waals surface area contributed by atoms with Gasteiger partial charge in [-0.15, -0.1) is 0 Å². The second-order valence-electron chi connectivity index (χ2n) is 5.22. The highest BCUT2D eigenvalue weighted by Crippen LogP contribution is 2.21. The summed E-state index contributed by atoms with van der Waals surface area (Å²) < 4.78 is 0. The van der Waals surface area contributed by atoms with Crippen LogP contribution in [0.25, 0.3) is 0 Å². The molecule has 1 aromatic carbocycles. The van der Waals surface area contributed by atoms with Gasteiger partial charge < -0.3 is 10.4 Å². The molecule has 0 saturated heterocycles. The first-order valence-corrected chi connectivity index (χ1v) is 6.47. The summed E-state index contributed by atoms with van der Waals surface area (Å²) >= 11 is 5.83. The Morgan fingerprint density at radius 3 is 2.47 bits per heavy atom. The molecule has 3 heteroatoms. The van der Waals surface area contributed by atoms with E-state index in [-0.39, 0.29) is 12.0 Å². The third-order valence-corrected chi connectivity index (χ3v) is 3.11. The highest BCUT2D eigenvalue weighted by molar-refractivity contribution is 6.30. The van der Waals surface area contributed by atoms with Crippen LogP contribution in [0.2, 0.25) is 5.02 Å². The number of halogens is 1. The van der Waals surface area contributed by atoms with Crippen LogP contribution in [0, 0.1) is 5.41 Å². The molecule has 0 aliphatic rings. The zero-order valence-corrected chi connectivity index (χ0v) is 11.4.